The van der Waals surface area contributed by atoms with Crippen molar-refractivity contribution in [1.82, 2.24) is 9.29 Å². The minimum absolute atomic E-state index is 0.195. The van der Waals surface area contributed by atoms with Crippen LogP contribution in [0.5, 0.6) is 0 Å². The number of amides is 1. The van der Waals surface area contributed by atoms with Gasteiger partial charge in [-0.15, -0.1) is 0 Å². The molecule has 1 amide bonds. The normalized spacial score (nSPS) is 15.4. The summed E-state index contributed by atoms with van der Waals surface area (Å²) in [5, 5.41) is 3.72. The zero-order valence-corrected chi connectivity index (χ0v) is 16.9. The number of hydrogen-bond donors (Lipinski definition) is 1. The highest BCUT2D eigenvalue weighted by atomic mass is 32.2. The molecule has 0 spiro atoms. The van der Waals surface area contributed by atoms with Crippen molar-refractivity contribution < 1.29 is 13.2 Å². The molecular formula is C21H22N4O3S. The summed E-state index contributed by atoms with van der Waals surface area (Å²) in [6, 6.07) is 18.2. The third-order valence-electron chi connectivity index (χ3n) is 4.96. The summed E-state index contributed by atoms with van der Waals surface area (Å²) in [6.45, 7) is 3.35. The van der Waals surface area contributed by atoms with Crippen LogP contribution in [0.15, 0.2) is 65.6 Å². The van der Waals surface area contributed by atoms with Gasteiger partial charge in [0.15, 0.2) is 0 Å². The van der Waals surface area contributed by atoms with Crippen molar-refractivity contribution in [1.29, 1.82) is 0 Å². The van der Waals surface area contributed by atoms with Gasteiger partial charge in [0.25, 0.3) is 0 Å². The largest absolute Gasteiger partial charge is 0.354 e. The second kappa shape index (κ2) is 7.81. The molecule has 3 aromatic rings. The summed E-state index contributed by atoms with van der Waals surface area (Å²) < 4.78 is 27.4. The highest BCUT2D eigenvalue weighted by Gasteiger charge is 2.29. The molecule has 0 aliphatic carbocycles. The molecular weight excluding hydrogens is 388 g/mol. The van der Waals surface area contributed by atoms with Crippen LogP contribution >= 0.6 is 0 Å². The third kappa shape index (κ3) is 4.08. The maximum atomic E-state index is 12.9. The van der Waals surface area contributed by atoms with Crippen molar-refractivity contribution >= 4 is 38.3 Å². The number of hydrogen-bond acceptors (Lipinski definition) is 5. The van der Waals surface area contributed by atoms with E-state index in [4.69, 9.17) is 4.98 Å². The lowest BCUT2D eigenvalue weighted by Crippen LogP contribution is -2.48. The average Bonchev–Trinajstić information content (AvgIpc) is 2.73. The van der Waals surface area contributed by atoms with E-state index in [1.54, 1.807) is 12.1 Å². The zero-order chi connectivity index (χ0) is 20.4. The van der Waals surface area contributed by atoms with Gasteiger partial charge in [-0.1, -0.05) is 18.2 Å². The molecule has 1 aliphatic rings. The standard InChI is InChI=1S/C21H22N4O3S/c1-16(26)22-18-7-9-19(10-8-18)29(27,28)25-14-12-24(13-15-25)21-11-6-17-4-2-3-5-20(17)23-21/h2-11H,12-15H2,1H3,(H,22,26). The summed E-state index contributed by atoms with van der Waals surface area (Å²) in [5.74, 6) is 0.666. The van der Waals surface area contributed by atoms with Crippen LogP contribution in [0.2, 0.25) is 0 Å². The Bertz CT molecular complexity index is 1140. The van der Waals surface area contributed by atoms with Crippen molar-refractivity contribution in [2.24, 2.45) is 0 Å². The van der Waals surface area contributed by atoms with Crippen LogP contribution in [0.1, 0.15) is 6.92 Å². The van der Waals surface area contributed by atoms with Gasteiger partial charge in [-0.25, -0.2) is 13.4 Å². The number of carbonyl (C=O) groups excluding carboxylic acids is 1. The smallest absolute Gasteiger partial charge is 0.243 e. The number of nitrogens with zero attached hydrogens (tertiary/aromatic N) is 3. The number of pyridine rings is 1. The number of para-hydroxylation sites is 1. The Balaban J connectivity index is 1.45. The van der Waals surface area contributed by atoms with E-state index in [0.717, 1.165) is 16.7 Å². The molecule has 29 heavy (non-hydrogen) atoms. The molecule has 1 N–H and O–H groups in total. The molecule has 2 aromatic carbocycles. The number of fused-ring (bicyclic) bond motifs is 1. The Morgan fingerprint density at radius 3 is 2.31 bits per heavy atom. The molecule has 4 rings (SSSR count). The van der Waals surface area contributed by atoms with E-state index in [1.807, 2.05) is 36.4 Å². The highest BCUT2D eigenvalue weighted by molar-refractivity contribution is 7.89. The molecule has 7 nitrogen and oxygen atoms in total. The summed E-state index contributed by atoms with van der Waals surface area (Å²) in [5.41, 5.74) is 1.50. The number of anilines is 2. The fourth-order valence-corrected chi connectivity index (χ4v) is 4.87. The lowest BCUT2D eigenvalue weighted by Gasteiger charge is -2.34. The van der Waals surface area contributed by atoms with Gasteiger partial charge < -0.3 is 10.2 Å². The Labute approximate surface area is 170 Å². The Hall–Kier alpha value is -2.97. The number of piperazine rings is 1. The molecule has 1 fully saturated rings. The molecule has 0 unspecified atom stereocenters. The van der Waals surface area contributed by atoms with E-state index in [-0.39, 0.29) is 10.8 Å². The van der Waals surface area contributed by atoms with Crippen LogP contribution in [0, 0.1) is 0 Å². The molecule has 2 heterocycles. The van der Waals surface area contributed by atoms with Gasteiger partial charge in [0.1, 0.15) is 5.82 Å². The monoisotopic (exact) mass is 410 g/mol. The van der Waals surface area contributed by atoms with Gasteiger partial charge in [0, 0.05) is 44.2 Å². The van der Waals surface area contributed by atoms with Gasteiger partial charge in [0.2, 0.25) is 15.9 Å². The first kappa shape index (κ1) is 19.4. The maximum Gasteiger partial charge on any atom is 0.243 e. The average molecular weight is 410 g/mol. The molecule has 0 radical (unpaired) electrons. The van der Waals surface area contributed by atoms with E-state index >= 15 is 0 Å². The molecule has 1 aliphatic heterocycles. The summed E-state index contributed by atoms with van der Waals surface area (Å²) in [6.07, 6.45) is 0. The first-order chi connectivity index (χ1) is 13.9. The first-order valence-electron chi connectivity index (χ1n) is 9.42. The number of rotatable bonds is 4. The Morgan fingerprint density at radius 1 is 0.931 bits per heavy atom. The first-order valence-corrected chi connectivity index (χ1v) is 10.9. The van der Waals surface area contributed by atoms with Crippen molar-refractivity contribution in [3.63, 3.8) is 0 Å². The highest BCUT2D eigenvalue weighted by Crippen LogP contribution is 2.23. The predicted molar refractivity (Wildman–Crippen MR) is 113 cm³/mol. The van der Waals surface area contributed by atoms with Crippen LogP contribution in [0.25, 0.3) is 10.9 Å². The SMILES string of the molecule is CC(=O)Nc1ccc(S(=O)(=O)N2CCN(c3ccc4ccccc4n3)CC2)cc1. The second-order valence-corrected chi connectivity index (χ2v) is 8.90. The fraction of sp³-hybridized carbons (Fsp3) is 0.238. The van der Waals surface area contributed by atoms with Crippen LogP contribution in [-0.2, 0) is 14.8 Å². The van der Waals surface area contributed by atoms with Crippen molar-refractivity contribution in [2.45, 2.75) is 11.8 Å². The van der Waals surface area contributed by atoms with Gasteiger partial charge in [-0.2, -0.15) is 4.31 Å². The topological polar surface area (TPSA) is 82.6 Å². The Morgan fingerprint density at radius 2 is 1.62 bits per heavy atom. The van der Waals surface area contributed by atoms with Crippen LogP contribution in [0.4, 0.5) is 11.5 Å². The molecule has 1 saturated heterocycles. The minimum atomic E-state index is -3.57. The molecule has 0 atom stereocenters. The van der Waals surface area contributed by atoms with Crippen molar-refractivity contribution in [3.05, 3.63) is 60.7 Å². The van der Waals surface area contributed by atoms with Crippen molar-refractivity contribution in [3.8, 4) is 0 Å². The summed E-state index contributed by atoms with van der Waals surface area (Å²) in [7, 11) is -3.57. The van der Waals surface area contributed by atoms with E-state index in [9.17, 15) is 13.2 Å². The predicted octanol–water partition coefficient (Wildman–Crippen LogP) is 2.70. The van der Waals surface area contributed by atoms with E-state index < -0.39 is 10.0 Å². The minimum Gasteiger partial charge on any atom is -0.354 e. The van der Waals surface area contributed by atoms with Gasteiger partial charge in [-0.3, -0.25) is 4.79 Å². The van der Waals surface area contributed by atoms with E-state index in [1.165, 1.54) is 23.4 Å². The fourth-order valence-electron chi connectivity index (χ4n) is 3.45. The third-order valence-corrected chi connectivity index (χ3v) is 6.87. The summed E-state index contributed by atoms with van der Waals surface area (Å²) in [4.78, 5) is 18.2. The lowest BCUT2D eigenvalue weighted by molar-refractivity contribution is -0.114. The van der Waals surface area contributed by atoms with Crippen molar-refractivity contribution in [2.75, 3.05) is 36.4 Å². The van der Waals surface area contributed by atoms with Crippen LogP contribution in [-0.4, -0.2) is 49.8 Å². The number of sulfonamides is 1. The molecule has 1 aromatic heterocycles. The zero-order valence-electron chi connectivity index (χ0n) is 16.1. The quantitative estimate of drug-likeness (QED) is 0.715. The Kier molecular flexibility index (Phi) is 5.21. The van der Waals surface area contributed by atoms with Gasteiger partial charge in [0.05, 0.1) is 10.4 Å². The van der Waals surface area contributed by atoms with Crippen LogP contribution in [0.3, 0.4) is 0 Å². The molecule has 0 bridgehead atoms. The number of aromatic nitrogens is 1. The number of nitrogens with one attached hydrogen (secondary N) is 1. The number of carbonyl (C=O) groups is 1. The summed E-state index contributed by atoms with van der Waals surface area (Å²) >= 11 is 0. The van der Waals surface area contributed by atoms with Gasteiger partial charge >= 0.3 is 0 Å². The molecule has 0 saturated carbocycles. The molecule has 150 valence electrons. The lowest BCUT2D eigenvalue weighted by atomic mass is 10.2. The van der Waals surface area contributed by atoms with Gasteiger partial charge in [-0.05, 0) is 42.5 Å². The second-order valence-electron chi connectivity index (χ2n) is 6.96. The molecule has 8 heteroatoms. The van der Waals surface area contributed by atoms with Crippen LogP contribution < -0.4 is 10.2 Å². The van der Waals surface area contributed by atoms with E-state index in [0.29, 0.717) is 31.9 Å². The maximum absolute atomic E-state index is 12.9. The van der Waals surface area contributed by atoms with E-state index in [2.05, 4.69) is 10.2 Å². The number of benzene rings is 2.